The Labute approximate surface area is 112 Å². The Morgan fingerprint density at radius 1 is 1.16 bits per heavy atom. The molecule has 0 atom stereocenters. The fraction of sp³-hybridized carbons (Fsp3) is 0.500. The van der Waals surface area contributed by atoms with Gasteiger partial charge in [0.2, 0.25) is 0 Å². The van der Waals surface area contributed by atoms with Gasteiger partial charge in [0.15, 0.2) is 0 Å². The van der Waals surface area contributed by atoms with Crippen molar-refractivity contribution in [2.45, 2.75) is 6.04 Å². The van der Waals surface area contributed by atoms with Gasteiger partial charge in [0.25, 0.3) is 5.91 Å². The molecule has 0 radical (unpaired) electrons. The summed E-state index contributed by atoms with van der Waals surface area (Å²) >= 11 is 0. The highest BCUT2D eigenvalue weighted by Gasteiger charge is 2.35. The molecule has 3 rings (SSSR count). The number of amides is 1. The zero-order valence-electron chi connectivity index (χ0n) is 10.9. The highest BCUT2D eigenvalue weighted by Crippen LogP contribution is 2.19. The molecule has 19 heavy (non-hydrogen) atoms. The second-order valence-corrected chi connectivity index (χ2v) is 5.20. The number of piperazine rings is 1. The van der Waals surface area contributed by atoms with E-state index in [1.54, 1.807) is 24.3 Å². The van der Waals surface area contributed by atoms with Crippen LogP contribution in [0.25, 0.3) is 0 Å². The van der Waals surface area contributed by atoms with Gasteiger partial charge in [-0.3, -0.25) is 9.69 Å². The van der Waals surface area contributed by atoms with Crippen molar-refractivity contribution in [3.05, 3.63) is 29.8 Å². The van der Waals surface area contributed by atoms with Gasteiger partial charge in [-0.05, 0) is 24.3 Å². The first kappa shape index (κ1) is 12.4. The molecule has 0 aliphatic carbocycles. The van der Waals surface area contributed by atoms with Crippen LogP contribution in [0.3, 0.4) is 0 Å². The molecule has 1 amide bonds. The lowest BCUT2D eigenvalue weighted by Gasteiger charge is -2.46. The number of rotatable bonds is 2. The second kappa shape index (κ2) is 5.19. The van der Waals surface area contributed by atoms with Crippen LogP contribution in [0.4, 0.5) is 0 Å². The van der Waals surface area contributed by atoms with Crippen LogP contribution in [0, 0.1) is 0 Å². The van der Waals surface area contributed by atoms with Crippen LogP contribution < -0.4 is 5.32 Å². The quantitative estimate of drug-likeness (QED) is 0.794. The number of phenols is 1. The average molecular weight is 261 g/mol. The number of benzene rings is 1. The summed E-state index contributed by atoms with van der Waals surface area (Å²) in [7, 11) is 0. The molecular formula is C14H19N3O2. The fourth-order valence-corrected chi connectivity index (χ4v) is 2.69. The van der Waals surface area contributed by atoms with Crippen LogP contribution in [0.5, 0.6) is 5.75 Å². The molecule has 0 unspecified atom stereocenters. The maximum atomic E-state index is 12.2. The fourth-order valence-electron chi connectivity index (χ4n) is 2.69. The number of hydrogen-bond donors (Lipinski definition) is 2. The first-order valence-electron chi connectivity index (χ1n) is 6.77. The van der Waals surface area contributed by atoms with Crippen LogP contribution in [-0.2, 0) is 0 Å². The zero-order chi connectivity index (χ0) is 13.2. The van der Waals surface area contributed by atoms with Crippen LogP contribution in [0.1, 0.15) is 10.4 Å². The van der Waals surface area contributed by atoms with Gasteiger partial charge >= 0.3 is 0 Å². The van der Waals surface area contributed by atoms with E-state index in [-0.39, 0.29) is 11.7 Å². The Kier molecular flexibility index (Phi) is 3.40. The van der Waals surface area contributed by atoms with E-state index in [0.717, 1.165) is 39.3 Å². The second-order valence-electron chi connectivity index (χ2n) is 5.20. The minimum absolute atomic E-state index is 0.0615. The molecule has 5 nitrogen and oxygen atoms in total. The molecule has 1 aromatic rings. The molecule has 1 aromatic carbocycles. The number of carbonyl (C=O) groups is 1. The van der Waals surface area contributed by atoms with Crippen molar-refractivity contribution in [1.29, 1.82) is 0 Å². The summed E-state index contributed by atoms with van der Waals surface area (Å²) in [4.78, 5) is 16.5. The van der Waals surface area contributed by atoms with Crippen LogP contribution in [-0.4, -0.2) is 66.1 Å². The maximum Gasteiger partial charge on any atom is 0.253 e. The lowest BCUT2D eigenvalue weighted by Crippen LogP contribution is -2.63. The van der Waals surface area contributed by atoms with E-state index in [9.17, 15) is 9.90 Å². The Morgan fingerprint density at radius 2 is 1.79 bits per heavy atom. The molecule has 0 spiro atoms. The normalized spacial score (nSPS) is 21.2. The number of carbonyl (C=O) groups excluding carboxylic acids is 1. The molecule has 2 aliphatic rings. The topological polar surface area (TPSA) is 55.8 Å². The van der Waals surface area contributed by atoms with Crippen LogP contribution in [0.15, 0.2) is 24.3 Å². The Bertz CT molecular complexity index is 448. The third kappa shape index (κ3) is 2.57. The van der Waals surface area contributed by atoms with E-state index in [2.05, 4.69) is 10.2 Å². The first-order chi connectivity index (χ1) is 9.24. The van der Waals surface area contributed by atoms with Crippen molar-refractivity contribution in [3.63, 3.8) is 0 Å². The predicted molar refractivity (Wildman–Crippen MR) is 72.2 cm³/mol. The highest BCUT2D eigenvalue weighted by atomic mass is 16.3. The minimum Gasteiger partial charge on any atom is -0.508 e. The van der Waals surface area contributed by atoms with E-state index in [1.165, 1.54) is 0 Å². The predicted octanol–water partition coefficient (Wildman–Crippen LogP) is 0.122. The lowest BCUT2D eigenvalue weighted by molar-refractivity contribution is 0.0227. The molecule has 0 bridgehead atoms. The third-order valence-corrected chi connectivity index (χ3v) is 3.93. The van der Waals surface area contributed by atoms with E-state index in [4.69, 9.17) is 0 Å². The highest BCUT2D eigenvalue weighted by molar-refractivity contribution is 5.94. The summed E-state index contributed by atoms with van der Waals surface area (Å²) in [5.74, 6) is 0.255. The smallest absolute Gasteiger partial charge is 0.253 e. The van der Waals surface area contributed by atoms with E-state index in [1.807, 2.05) is 4.90 Å². The third-order valence-electron chi connectivity index (χ3n) is 3.93. The van der Waals surface area contributed by atoms with Gasteiger partial charge in [0.1, 0.15) is 5.75 Å². The molecule has 2 saturated heterocycles. The minimum atomic E-state index is 0.0615. The summed E-state index contributed by atoms with van der Waals surface area (Å²) in [6.07, 6.45) is 0. The number of phenolic OH excluding ortho intramolecular Hbond substituents is 1. The Morgan fingerprint density at radius 3 is 2.42 bits per heavy atom. The van der Waals surface area contributed by atoms with Gasteiger partial charge in [0, 0.05) is 50.9 Å². The maximum absolute atomic E-state index is 12.2. The standard InChI is InChI=1S/C14H19N3O2/c18-13-3-1-11(2-4-13)14(19)17-9-12(10-17)16-7-5-15-6-8-16/h1-4,12,15,18H,5-10H2. The van der Waals surface area contributed by atoms with Crippen molar-refractivity contribution in [2.75, 3.05) is 39.3 Å². The molecule has 0 saturated carbocycles. The zero-order valence-corrected chi connectivity index (χ0v) is 10.9. The van der Waals surface area contributed by atoms with Crippen molar-refractivity contribution >= 4 is 5.91 Å². The van der Waals surface area contributed by atoms with Gasteiger partial charge in [-0.25, -0.2) is 0 Å². The van der Waals surface area contributed by atoms with Crippen molar-refractivity contribution in [2.24, 2.45) is 0 Å². The molecular weight excluding hydrogens is 242 g/mol. The number of aromatic hydroxyl groups is 1. The molecule has 2 N–H and O–H groups in total. The van der Waals surface area contributed by atoms with Crippen molar-refractivity contribution < 1.29 is 9.90 Å². The molecule has 2 fully saturated rings. The monoisotopic (exact) mass is 261 g/mol. The van der Waals surface area contributed by atoms with Gasteiger partial charge in [-0.15, -0.1) is 0 Å². The van der Waals surface area contributed by atoms with Crippen LogP contribution in [0.2, 0.25) is 0 Å². The molecule has 5 heteroatoms. The average Bonchev–Trinajstić information content (AvgIpc) is 2.39. The first-order valence-corrected chi connectivity index (χ1v) is 6.77. The summed E-state index contributed by atoms with van der Waals surface area (Å²) in [5, 5.41) is 12.6. The lowest BCUT2D eigenvalue weighted by atomic mass is 10.0. The summed E-state index contributed by atoms with van der Waals surface area (Å²) in [6.45, 7) is 5.88. The van der Waals surface area contributed by atoms with E-state index in [0.29, 0.717) is 11.6 Å². The Balaban J connectivity index is 1.55. The van der Waals surface area contributed by atoms with E-state index >= 15 is 0 Å². The van der Waals surface area contributed by atoms with Crippen LogP contribution >= 0.6 is 0 Å². The summed E-state index contributed by atoms with van der Waals surface area (Å²) < 4.78 is 0. The number of hydrogen-bond acceptors (Lipinski definition) is 4. The summed E-state index contributed by atoms with van der Waals surface area (Å²) in [6, 6.07) is 6.98. The SMILES string of the molecule is O=C(c1ccc(O)cc1)N1CC(N2CCNCC2)C1. The van der Waals surface area contributed by atoms with Gasteiger partial charge in [-0.1, -0.05) is 0 Å². The Hall–Kier alpha value is -1.59. The molecule has 0 aromatic heterocycles. The largest absolute Gasteiger partial charge is 0.508 e. The van der Waals surface area contributed by atoms with Crippen molar-refractivity contribution in [3.8, 4) is 5.75 Å². The number of likely N-dealkylation sites (tertiary alicyclic amines) is 1. The molecule has 2 heterocycles. The van der Waals surface area contributed by atoms with Crippen molar-refractivity contribution in [1.82, 2.24) is 15.1 Å². The van der Waals surface area contributed by atoms with E-state index < -0.39 is 0 Å². The summed E-state index contributed by atoms with van der Waals surface area (Å²) in [5.41, 5.74) is 0.650. The van der Waals surface area contributed by atoms with Gasteiger partial charge < -0.3 is 15.3 Å². The van der Waals surface area contributed by atoms with Gasteiger partial charge in [-0.2, -0.15) is 0 Å². The molecule has 2 aliphatic heterocycles. The molecule has 102 valence electrons. The van der Waals surface area contributed by atoms with Gasteiger partial charge in [0.05, 0.1) is 0 Å². The number of nitrogens with one attached hydrogen (secondary N) is 1. The number of nitrogens with zero attached hydrogens (tertiary/aromatic N) is 2.